The Morgan fingerprint density at radius 3 is 2.80 bits per heavy atom. The standard InChI is InChI=1S/C12H15ClO2/c1-8-4-9(2-3-12(8)13)7-15-11-5-10(14)6-11/h2-4,10-11,14H,5-7H2,1H3/t10-,11+. The van der Waals surface area contributed by atoms with Crippen molar-refractivity contribution in [2.24, 2.45) is 0 Å². The van der Waals surface area contributed by atoms with Gasteiger partial charge < -0.3 is 9.84 Å². The number of rotatable bonds is 3. The van der Waals surface area contributed by atoms with Gasteiger partial charge in [-0.3, -0.25) is 0 Å². The maximum absolute atomic E-state index is 9.10. The average Bonchev–Trinajstić information content (AvgIpc) is 2.16. The predicted molar refractivity (Wildman–Crippen MR) is 60.0 cm³/mol. The molecule has 0 spiro atoms. The highest BCUT2D eigenvalue weighted by atomic mass is 35.5. The zero-order chi connectivity index (χ0) is 10.8. The van der Waals surface area contributed by atoms with Gasteiger partial charge in [0.25, 0.3) is 0 Å². The molecule has 2 rings (SSSR count). The SMILES string of the molecule is Cc1cc(CO[C@H]2C[C@@H](O)C2)ccc1Cl. The van der Waals surface area contributed by atoms with Crippen molar-refractivity contribution in [3.8, 4) is 0 Å². The topological polar surface area (TPSA) is 29.5 Å². The molecule has 0 bridgehead atoms. The molecule has 1 aliphatic rings. The van der Waals surface area contributed by atoms with Crippen LogP contribution in [-0.4, -0.2) is 17.3 Å². The summed E-state index contributed by atoms with van der Waals surface area (Å²) in [5, 5.41) is 9.89. The highest BCUT2D eigenvalue weighted by molar-refractivity contribution is 6.31. The molecular weight excluding hydrogens is 212 g/mol. The number of aliphatic hydroxyl groups is 1. The van der Waals surface area contributed by atoms with Crippen molar-refractivity contribution in [2.45, 2.75) is 38.6 Å². The number of hydrogen-bond acceptors (Lipinski definition) is 2. The zero-order valence-corrected chi connectivity index (χ0v) is 9.50. The molecule has 0 radical (unpaired) electrons. The van der Waals surface area contributed by atoms with Crippen molar-refractivity contribution in [1.29, 1.82) is 0 Å². The average molecular weight is 227 g/mol. The third kappa shape index (κ3) is 2.71. The van der Waals surface area contributed by atoms with Crippen molar-refractivity contribution in [3.63, 3.8) is 0 Å². The lowest BCUT2D eigenvalue weighted by molar-refractivity contribution is -0.0778. The van der Waals surface area contributed by atoms with Gasteiger partial charge >= 0.3 is 0 Å². The summed E-state index contributed by atoms with van der Waals surface area (Å²) in [6, 6.07) is 5.91. The van der Waals surface area contributed by atoms with E-state index in [1.807, 2.05) is 25.1 Å². The molecule has 15 heavy (non-hydrogen) atoms. The van der Waals surface area contributed by atoms with E-state index in [4.69, 9.17) is 21.4 Å². The molecular formula is C12H15ClO2. The van der Waals surface area contributed by atoms with Crippen molar-refractivity contribution < 1.29 is 9.84 Å². The lowest BCUT2D eigenvalue weighted by Crippen LogP contribution is -2.35. The molecule has 0 aromatic heterocycles. The van der Waals surface area contributed by atoms with E-state index in [1.54, 1.807) is 0 Å². The molecule has 0 atom stereocenters. The van der Waals surface area contributed by atoms with E-state index in [2.05, 4.69) is 0 Å². The first-order chi connectivity index (χ1) is 7.15. The Bertz CT molecular complexity index is 345. The third-order valence-corrected chi connectivity index (χ3v) is 3.20. The van der Waals surface area contributed by atoms with Gasteiger partial charge in [-0.2, -0.15) is 0 Å². The maximum Gasteiger partial charge on any atom is 0.0720 e. The molecule has 1 aliphatic carbocycles. The molecule has 0 unspecified atom stereocenters. The van der Waals surface area contributed by atoms with E-state index in [1.165, 1.54) is 0 Å². The van der Waals surface area contributed by atoms with Crippen LogP contribution in [0.5, 0.6) is 0 Å². The first kappa shape index (κ1) is 10.9. The van der Waals surface area contributed by atoms with Crippen LogP contribution >= 0.6 is 11.6 Å². The molecule has 2 nitrogen and oxygen atoms in total. The van der Waals surface area contributed by atoms with E-state index in [9.17, 15) is 0 Å². The number of aliphatic hydroxyl groups excluding tert-OH is 1. The van der Waals surface area contributed by atoms with Crippen molar-refractivity contribution in [2.75, 3.05) is 0 Å². The van der Waals surface area contributed by atoms with Crippen molar-refractivity contribution in [3.05, 3.63) is 34.3 Å². The molecule has 3 heteroatoms. The van der Waals surface area contributed by atoms with Gasteiger partial charge in [-0.05, 0) is 37.0 Å². The summed E-state index contributed by atoms with van der Waals surface area (Å²) in [6.07, 6.45) is 1.62. The highest BCUT2D eigenvalue weighted by Gasteiger charge is 2.27. The molecule has 1 aromatic rings. The number of halogens is 1. The van der Waals surface area contributed by atoms with E-state index < -0.39 is 0 Å². The number of hydrogen-bond donors (Lipinski definition) is 1. The second kappa shape index (κ2) is 4.52. The second-order valence-corrected chi connectivity index (χ2v) is 4.55. The minimum atomic E-state index is -0.151. The molecule has 1 aromatic carbocycles. The van der Waals surface area contributed by atoms with Gasteiger partial charge in [-0.25, -0.2) is 0 Å². The van der Waals surface area contributed by atoms with E-state index >= 15 is 0 Å². The van der Waals surface area contributed by atoms with Gasteiger partial charge in [0.15, 0.2) is 0 Å². The van der Waals surface area contributed by atoms with Crippen LogP contribution in [0.25, 0.3) is 0 Å². The minimum absolute atomic E-state index is 0.151. The van der Waals surface area contributed by atoms with Crippen LogP contribution in [0.2, 0.25) is 5.02 Å². The largest absolute Gasteiger partial charge is 0.393 e. The van der Waals surface area contributed by atoms with Crippen LogP contribution < -0.4 is 0 Å². The fourth-order valence-electron chi connectivity index (χ4n) is 1.68. The van der Waals surface area contributed by atoms with Crippen LogP contribution in [0, 0.1) is 6.92 Å². The number of benzene rings is 1. The summed E-state index contributed by atoms with van der Waals surface area (Å²) in [4.78, 5) is 0. The summed E-state index contributed by atoms with van der Waals surface area (Å²) < 4.78 is 5.63. The Hall–Kier alpha value is -0.570. The van der Waals surface area contributed by atoms with Gasteiger partial charge in [0, 0.05) is 5.02 Å². The van der Waals surface area contributed by atoms with Gasteiger partial charge in [0.1, 0.15) is 0 Å². The summed E-state index contributed by atoms with van der Waals surface area (Å²) in [6.45, 7) is 2.59. The number of aryl methyl sites for hydroxylation is 1. The fourth-order valence-corrected chi connectivity index (χ4v) is 1.80. The summed E-state index contributed by atoms with van der Waals surface area (Å²) in [7, 11) is 0. The Labute approximate surface area is 94.8 Å². The Morgan fingerprint density at radius 1 is 1.47 bits per heavy atom. The smallest absolute Gasteiger partial charge is 0.0720 e. The minimum Gasteiger partial charge on any atom is -0.393 e. The maximum atomic E-state index is 9.10. The van der Waals surface area contributed by atoms with Crippen molar-refractivity contribution >= 4 is 11.6 Å². The molecule has 0 saturated heterocycles. The molecule has 1 N–H and O–H groups in total. The van der Waals surface area contributed by atoms with Gasteiger partial charge in [0.2, 0.25) is 0 Å². The Balaban J connectivity index is 1.86. The van der Waals surface area contributed by atoms with Gasteiger partial charge in [-0.1, -0.05) is 23.7 Å². The van der Waals surface area contributed by atoms with Crippen LogP contribution in [0.15, 0.2) is 18.2 Å². The predicted octanol–water partition coefficient (Wildman–Crippen LogP) is 2.69. The molecule has 0 aliphatic heterocycles. The Kier molecular flexibility index (Phi) is 3.29. The van der Waals surface area contributed by atoms with E-state index in [0.717, 1.165) is 29.0 Å². The fraction of sp³-hybridized carbons (Fsp3) is 0.500. The lowest BCUT2D eigenvalue weighted by atomic mass is 9.92. The first-order valence-electron chi connectivity index (χ1n) is 5.20. The molecule has 0 amide bonds. The van der Waals surface area contributed by atoms with E-state index in [0.29, 0.717) is 6.61 Å². The van der Waals surface area contributed by atoms with Crippen LogP contribution in [-0.2, 0) is 11.3 Å². The monoisotopic (exact) mass is 226 g/mol. The van der Waals surface area contributed by atoms with Crippen LogP contribution in [0.3, 0.4) is 0 Å². The van der Waals surface area contributed by atoms with Crippen LogP contribution in [0.4, 0.5) is 0 Å². The Morgan fingerprint density at radius 2 is 2.20 bits per heavy atom. The van der Waals surface area contributed by atoms with Gasteiger partial charge in [0.05, 0.1) is 18.8 Å². The number of ether oxygens (including phenoxy) is 1. The normalized spacial score (nSPS) is 25.0. The first-order valence-corrected chi connectivity index (χ1v) is 5.57. The zero-order valence-electron chi connectivity index (χ0n) is 8.74. The summed E-state index contributed by atoms with van der Waals surface area (Å²) in [5.74, 6) is 0. The summed E-state index contributed by atoms with van der Waals surface area (Å²) >= 11 is 5.93. The highest BCUT2D eigenvalue weighted by Crippen LogP contribution is 2.24. The quantitative estimate of drug-likeness (QED) is 0.859. The molecule has 1 fully saturated rings. The van der Waals surface area contributed by atoms with E-state index in [-0.39, 0.29) is 12.2 Å². The molecule has 1 saturated carbocycles. The second-order valence-electron chi connectivity index (χ2n) is 4.14. The summed E-state index contributed by atoms with van der Waals surface area (Å²) in [5.41, 5.74) is 2.21. The van der Waals surface area contributed by atoms with Crippen LogP contribution in [0.1, 0.15) is 24.0 Å². The molecule has 0 heterocycles. The van der Waals surface area contributed by atoms with Gasteiger partial charge in [-0.15, -0.1) is 0 Å². The molecule has 82 valence electrons. The third-order valence-electron chi connectivity index (χ3n) is 2.78. The van der Waals surface area contributed by atoms with Crippen molar-refractivity contribution in [1.82, 2.24) is 0 Å². The lowest BCUT2D eigenvalue weighted by Gasteiger charge is -2.31.